The third-order valence-electron chi connectivity index (χ3n) is 3.65. The Bertz CT molecular complexity index is 705. The number of hydrogen-bond acceptors (Lipinski definition) is 6. The van der Waals surface area contributed by atoms with E-state index in [4.69, 9.17) is 9.47 Å². The van der Waals surface area contributed by atoms with Gasteiger partial charge in [0.05, 0.1) is 12.5 Å². The molecule has 8 nitrogen and oxygen atoms in total. The van der Waals surface area contributed by atoms with Crippen molar-refractivity contribution in [3.63, 3.8) is 0 Å². The van der Waals surface area contributed by atoms with Gasteiger partial charge in [-0.2, -0.15) is 0 Å². The first-order chi connectivity index (χ1) is 10.9. The molecule has 2 rings (SSSR count). The lowest BCUT2D eigenvalue weighted by Crippen LogP contribution is -2.33. The molecule has 0 saturated carbocycles. The van der Waals surface area contributed by atoms with E-state index in [1.807, 2.05) is 0 Å². The van der Waals surface area contributed by atoms with Gasteiger partial charge in [-0.15, -0.1) is 0 Å². The van der Waals surface area contributed by atoms with Gasteiger partial charge in [0.25, 0.3) is 5.56 Å². The van der Waals surface area contributed by atoms with E-state index in [0.29, 0.717) is 18.4 Å². The van der Waals surface area contributed by atoms with Gasteiger partial charge in [0.15, 0.2) is 0 Å². The van der Waals surface area contributed by atoms with Crippen LogP contribution in [-0.4, -0.2) is 34.0 Å². The van der Waals surface area contributed by atoms with Crippen LogP contribution in [0, 0.1) is 6.92 Å². The number of carbonyl (C=O) groups excluding carboxylic acids is 2. The summed E-state index contributed by atoms with van der Waals surface area (Å²) in [5.74, 6) is -0.503. The van der Waals surface area contributed by atoms with Crippen molar-refractivity contribution in [3.05, 3.63) is 32.6 Å². The fraction of sp³-hybridized carbons (Fsp3) is 0.600. The first kappa shape index (κ1) is 17.1. The number of esters is 1. The monoisotopic (exact) mass is 324 g/mol. The Kier molecular flexibility index (Phi) is 5.49. The lowest BCUT2D eigenvalue weighted by atomic mass is 10.2. The van der Waals surface area contributed by atoms with Crippen molar-refractivity contribution in [1.29, 1.82) is 0 Å². The minimum atomic E-state index is -0.523. The van der Waals surface area contributed by atoms with Gasteiger partial charge >= 0.3 is 11.7 Å². The summed E-state index contributed by atoms with van der Waals surface area (Å²) in [6, 6.07) is 0. The van der Waals surface area contributed by atoms with Crippen LogP contribution in [0.25, 0.3) is 0 Å². The zero-order valence-corrected chi connectivity index (χ0v) is 13.2. The van der Waals surface area contributed by atoms with Gasteiger partial charge in [-0.3, -0.25) is 19.1 Å². The van der Waals surface area contributed by atoms with E-state index >= 15 is 0 Å². The molecule has 8 heteroatoms. The average Bonchev–Trinajstić information content (AvgIpc) is 2.95. The highest BCUT2D eigenvalue weighted by Gasteiger charge is 2.28. The van der Waals surface area contributed by atoms with Crippen LogP contribution in [0.4, 0.5) is 0 Å². The Hall–Kier alpha value is -2.22. The molecule has 1 aliphatic heterocycles. The van der Waals surface area contributed by atoms with E-state index in [9.17, 15) is 19.2 Å². The quantitative estimate of drug-likeness (QED) is 0.761. The van der Waals surface area contributed by atoms with Crippen LogP contribution < -0.4 is 11.2 Å². The number of nitrogens with one attached hydrogen (secondary N) is 1. The molecular weight excluding hydrogens is 304 g/mol. The Morgan fingerprint density at radius 2 is 2.09 bits per heavy atom. The molecule has 2 heterocycles. The second kappa shape index (κ2) is 7.36. The molecule has 126 valence electrons. The number of rotatable bonds is 6. The third kappa shape index (κ3) is 4.62. The SMILES string of the molecule is CC(=O)CCC(=O)OC[C@@H]1CC[C@H](n2cc(C)c(=O)[nH]c2=O)O1. The summed E-state index contributed by atoms with van der Waals surface area (Å²) in [7, 11) is 0. The van der Waals surface area contributed by atoms with Gasteiger partial charge in [0.1, 0.15) is 18.6 Å². The number of aromatic amines is 1. The molecule has 23 heavy (non-hydrogen) atoms. The van der Waals surface area contributed by atoms with Crippen LogP contribution in [0.5, 0.6) is 0 Å². The lowest BCUT2D eigenvalue weighted by molar-refractivity contribution is -0.149. The number of H-pyrrole nitrogens is 1. The van der Waals surface area contributed by atoms with E-state index in [-0.39, 0.29) is 31.3 Å². The second-order valence-electron chi connectivity index (χ2n) is 5.65. The molecule has 1 aromatic rings. The molecule has 0 radical (unpaired) electrons. The van der Waals surface area contributed by atoms with Crippen LogP contribution >= 0.6 is 0 Å². The standard InChI is InChI=1S/C15H20N2O6/c1-9-7-17(15(21)16-14(9)20)12-5-4-11(23-12)8-22-13(19)6-3-10(2)18/h7,11-12H,3-6,8H2,1-2H3,(H,16,20,21)/t11-,12+/m0/s1. The maximum absolute atomic E-state index is 11.8. The van der Waals surface area contributed by atoms with Crippen LogP contribution in [0.15, 0.2) is 15.8 Å². The smallest absolute Gasteiger partial charge is 0.330 e. The summed E-state index contributed by atoms with van der Waals surface area (Å²) in [6.07, 6.45) is 2.12. The highest BCUT2D eigenvalue weighted by Crippen LogP contribution is 2.27. The van der Waals surface area contributed by atoms with Crippen LogP contribution in [-0.2, 0) is 19.1 Å². The summed E-state index contributed by atoms with van der Waals surface area (Å²) < 4.78 is 12.1. The molecule has 1 aliphatic rings. The van der Waals surface area contributed by atoms with Gasteiger partial charge in [0.2, 0.25) is 0 Å². The number of aryl methyl sites for hydroxylation is 1. The van der Waals surface area contributed by atoms with Crippen molar-refractivity contribution < 1.29 is 19.1 Å². The van der Waals surface area contributed by atoms with Crippen LogP contribution in [0.2, 0.25) is 0 Å². The summed E-state index contributed by atoms with van der Waals surface area (Å²) in [5, 5.41) is 0. The lowest BCUT2D eigenvalue weighted by Gasteiger charge is -2.16. The molecule has 1 aromatic heterocycles. The topological polar surface area (TPSA) is 107 Å². The largest absolute Gasteiger partial charge is 0.463 e. The molecule has 0 aliphatic carbocycles. The molecule has 1 saturated heterocycles. The molecular formula is C15H20N2O6. The number of aromatic nitrogens is 2. The Morgan fingerprint density at radius 1 is 1.35 bits per heavy atom. The van der Waals surface area contributed by atoms with Crippen molar-refractivity contribution in [2.45, 2.75) is 51.9 Å². The molecule has 0 amide bonds. The molecule has 0 aromatic carbocycles. The van der Waals surface area contributed by atoms with Crippen molar-refractivity contribution in [2.75, 3.05) is 6.61 Å². The maximum Gasteiger partial charge on any atom is 0.330 e. The minimum Gasteiger partial charge on any atom is -0.463 e. The zero-order chi connectivity index (χ0) is 17.0. The predicted molar refractivity (Wildman–Crippen MR) is 80.1 cm³/mol. The molecule has 0 unspecified atom stereocenters. The normalized spacial score (nSPS) is 20.4. The molecule has 1 N–H and O–H groups in total. The molecule has 0 spiro atoms. The summed E-state index contributed by atoms with van der Waals surface area (Å²) in [4.78, 5) is 47.7. The second-order valence-corrected chi connectivity index (χ2v) is 5.65. The zero-order valence-electron chi connectivity index (χ0n) is 13.2. The van der Waals surface area contributed by atoms with Gasteiger partial charge in [0, 0.05) is 18.2 Å². The number of ketones is 1. The van der Waals surface area contributed by atoms with Crippen LogP contribution in [0.1, 0.15) is 44.4 Å². The highest BCUT2D eigenvalue weighted by molar-refractivity contribution is 5.80. The van der Waals surface area contributed by atoms with Gasteiger partial charge in [-0.05, 0) is 26.7 Å². The molecule has 2 atom stereocenters. The van der Waals surface area contributed by atoms with Crippen molar-refractivity contribution in [3.8, 4) is 0 Å². The Labute approximate surface area is 132 Å². The predicted octanol–water partition coefficient (Wildman–Crippen LogP) is 0.435. The van der Waals surface area contributed by atoms with E-state index < -0.39 is 23.4 Å². The molecule has 0 bridgehead atoms. The van der Waals surface area contributed by atoms with Gasteiger partial charge in [-0.25, -0.2) is 4.79 Å². The third-order valence-corrected chi connectivity index (χ3v) is 3.65. The summed E-state index contributed by atoms with van der Waals surface area (Å²) >= 11 is 0. The average molecular weight is 324 g/mol. The van der Waals surface area contributed by atoms with E-state index in [2.05, 4.69) is 4.98 Å². The van der Waals surface area contributed by atoms with Crippen molar-refractivity contribution in [1.82, 2.24) is 9.55 Å². The first-order valence-corrected chi connectivity index (χ1v) is 7.49. The van der Waals surface area contributed by atoms with Crippen molar-refractivity contribution >= 4 is 11.8 Å². The van der Waals surface area contributed by atoms with E-state index in [1.165, 1.54) is 17.7 Å². The Morgan fingerprint density at radius 3 is 2.78 bits per heavy atom. The fourth-order valence-corrected chi connectivity index (χ4v) is 2.35. The number of nitrogens with zero attached hydrogens (tertiary/aromatic N) is 1. The Balaban J connectivity index is 1.88. The number of carbonyl (C=O) groups is 2. The van der Waals surface area contributed by atoms with Crippen LogP contribution in [0.3, 0.4) is 0 Å². The number of ether oxygens (including phenoxy) is 2. The van der Waals surface area contributed by atoms with Gasteiger partial charge < -0.3 is 14.3 Å². The van der Waals surface area contributed by atoms with Gasteiger partial charge in [-0.1, -0.05) is 0 Å². The fourth-order valence-electron chi connectivity index (χ4n) is 2.35. The summed E-state index contributed by atoms with van der Waals surface area (Å²) in [6.45, 7) is 3.12. The minimum absolute atomic E-state index is 0.0596. The number of hydrogen-bond donors (Lipinski definition) is 1. The molecule has 1 fully saturated rings. The van der Waals surface area contributed by atoms with E-state index in [1.54, 1.807) is 6.92 Å². The highest BCUT2D eigenvalue weighted by atomic mass is 16.6. The maximum atomic E-state index is 11.8. The van der Waals surface area contributed by atoms with Crippen molar-refractivity contribution in [2.24, 2.45) is 0 Å². The first-order valence-electron chi connectivity index (χ1n) is 7.49. The summed E-state index contributed by atoms with van der Waals surface area (Å²) in [5.41, 5.74) is -0.516. The van der Waals surface area contributed by atoms with E-state index in [0.717, 1.165) is 0 Å². The number of Topliss-reactive ketones (excluding diaryl/α,β-unsaturated/α-hetero) is 1.